The molecule has 0 bridgehead atoms. The van der Waals surface area contributed by atoms with Crippen LogP contribution in [-0.4, -0.2) is 18.1 Å². The minimum atomic E-state index is -0.323. The number of rotatable bonds is 3. The van der Waals surface area contributed by atoms with Gasteiger partial charge in [-0.1, -0.05) is 24.3 Å². The molecule has 0 saturated carbocycles. The average molecular weight is 253 g/mol. The second-order valence-electron chi connectivity index (χ2n) is 4.15. The van der Waals surface area contributed by atoms with E-state index in [4.69, 9.17) is 0 Å². The first kappa shape index (κ1) is 13.0. The number of nitrogens with zero attached hydrogens (tertiary/aromatic N) is 1. The van der Waals surface area contributed by atoms with Crippen LogP contribution in [-0.2, 0) is 4.74 Å². The first-order valence-electron chi connectivity index (χ1n) is 5.99. The Hall–Kier alpha value is -2.42. The molecule has 0 atom stereocenters. The summed E-state index contributed by atoms with van der Waals surface area (Å²) in [5.41, 5.74) is 3.46. The minimum Gasteiger partial charge on any atom is -0.465 e. The summed E-state index contributed by atoms with van der Waals surface area (Å²) in [5.74, 6) is -0.323. The van der Waals surface area contributed by atoms with E-state index >= 15 is 0 Å². The lowest BCUT2D eigenvalue weighted by Gasteiger charge is -1.99. The Morgan fingerprint density at radius 1 is 1.11 bits per heavy atom. The lowest BCUT2D eigenvalue weighted by atomic mass is 10.1. The molecule has 0 fully saturated rings. The van der Waals surface area contributed by atoms with Crippen LogP contribution in [0, 0.1) is 6.92 Å². The lowest BCUT2D eigenvalue weighted by Crippen LogP contribution is -2.00. The predicted molar refractivity (Wildman–Crippen MR) is 75.7 cm³/mol. The van der Waals surface area contributed by atoms with E-state index in [2.05, 4.69) is 9.72 Å². The molecule has 0 radical (unpaired) electrons. The van der Waals surface area contributed by atoms with Gasteiger partial charge in [-0.2, -0.15) is 0 Å². The number of carbonyl (C=O) groups is 1. The predicted octanol–water partition coefficient (Wildman–Crippen LogP) is 3.35. The Labute approximate surface area is 112 Å². The highest BCUT2D eigenvalue weighted by atomic mass is 16.5. The summed E-state index contributed by atoms with van der Waals surface area (Å²) in [6.07, 6.45) is 3.91. The SMILES string of the molecule is COC(=O)c1ccc(/C=C/c2cccc(C)n2)cc1. The van der Waals surface area contributed by atoms with Crippen molar-refractivity contribution in [2.75, 3.05) is 7.11 Å². The van der Waals surface area contributed by atoms with Crippen molar-refractivity contribution in [2.24, 2.45) is 0 Å². The fraction of sp³-hybridized carbons (Fsp3) is 0.125. The minimum absolute atomic E-state index is 0.323. The number of esters is 1. The van der Waals surface area contributed by atoms with Crippen LogP contribution in [0.5, 0.6) is 0 Å². The third-order valence-electron chi connectivity index (χ3n) is 2.69. The van der Waals surface area contributed by atoms with E-state index < -0.39 is 0 Å². The van der Waals surface area contributed by atoms with Gasteiger partial charge in [-0.3, -0.25) is 4.98 Å². The van der Waals surface area contributed by atoms with Crippen LogP contribution in [0.3, 0.4) is 0 Å². The van der Waals surface area contributed by atoms with Crippen LogP contribution in [0.1, 0.15) is 27.3 Å². The molecule has 1 heterocycles. The van der Waals surface area contributed by atoms with Crippen LogP contribution >= 0.6 is 0 Å². The molecule has 0 unspecified atom stereocenters. The molecule has 0 aliphatic rings. The summed E-state index contributed by atoms with van der Waals surface area (Å²) in [6, 6.07) is 13.1. The summed E-state index contributed by atoms with van der Waals surface area (Å²) >= 11 is 0. The van der Waals surface area contributed by atoms with Crippen LogP contribution < -0.4 is 0 Å². The van der Waals surface area contributed by atoms with Crippen LogP contribution in [0.25, 0.3) is 12.2 Å². The summed E-state index contributed by atoms with van der Waals surface area (Å²) in [4.78, 5) is 15.7. The molecule has 0 amide bonds. The van der Waals surface area contributed by atoms with Crippen molar-refractivity contribution in [1.82, 2.24) is 4.98 Å². The maximum Gasteiger partial charge on any atom is 0.337 e. The summed E-state index contributed by atoms with van der Waals surface area (Å²) in [7, 11) is 1.37. The first-order valence-corrected chi connectivity index (χ1v) is 5.99. The summed E-state index contributed by atoms with van der Waals surface area (Å²) < 4.78 is 4.65. The summed E-state index contributed by atoms with van der Waals surface area (Å²) in [6.45, 7) is 1.96. The molecule has 0 spiro atoms. The molecule has 3 nitrogen and oxygen atoms in total. The Balaban J connectivity index is 2.13. The second kappa shape index (κ2) is 5.96. The molecule has 0 saturated heterocycles. The van der Waals surface area contributed by atoms with E-state index in [0.717, 1.165) is 17.0 Å². The third-order valence-corrected chi connectivity index (χ3v) is 2.69. The van der Waals surface area contributed by atoms with Gasteiger partial charge in [-0.15, -0.1) is 0 Å². The van der Waals surface area contributed by atoms with Crippen molar-refractivity contribution >= 4 is 18.1 Å². The van der Waals surface area contributed by atoms with E-state index in [9.17, 15) is 4.79 Å². The molecule has 2 aromatic rings. The molecule has 0 aliphatic carbocycles. The maximum atomic E-state index is 11.3. The van der Waals surface area contributed by atoms with Gasteiger partial charge in [0, 0.05) is 5.69 Å². The van der Waals surface area contributed by atoms with Crippen LogP contribution in [0.2, 0.25) is 0 Å². The molecule has 96 valence electrons. The van der Waals surface area contributed by atoms with E-state index in [1.807, 2.05) is 49.4 Å². The highest BCUT2D eigenvalue weighted by molar-refractivity contribution is 5.89. The molecule has 19 heavy (non-hydrogen) atoms. The number of methoxy groups -OCH3 is 1. The lowest BCUT2D eigenvalue weighted by molar-refractivity contribution is 0.0601. The van der Waals surface area contributed by atoms with Crippen molar-refractivity contribution in [1.29, 1.82) is 0 Å². The number of ether oxygens (including phenoxy) is 1. The zero-order valence-corrected chi connectivity index (χ0v) is 11.0. The van der Waals surface area contributed by atoms with Gasteiger partial charge in [0.25, 0.3) is 0 Å². The monoisotopic (exact) mass is 253 g/mol. The fourth-order valence-corrected chi connectivity index (χ4v) is 1.69. The molecule has 1 aromatic heterocycles. The molecular formula is C16H15NO2. The first-order chi connectivity index (χ1) is 9.19. The van der Waals surface area contributed by atoms with Crippen LogP contribution in [0.4, 0.5) is 0 Å². The van der Waals surface area contributed by atoms with Gasteiger partial charge in [0.15, 0.2) is 0 Å². The Morgan fingerprint density at radius 3 is 2.47 bits per heavy atom. The highest BCUT2D eigenvalue weighted by Gasteiger charge is 2.02. The van der Waals surface area contributed by atoms with Crippen molar-refractivity contribution in [2.45, 2.75) is 6.92 Å². The smallest absolute Gasteiger partial charge is 0.337 e. The van der Waals surface area contributed by atoms with Gasteiger partial charge in [0.1, 0.15) is 0 Å². The Morgan fingerprint density at radius 2 is 1.84 bits per heavy atom. The molecule has 3 heteroatoms. The largest absolute Gasteiger partial charge is 0.465 e. The normalized spacial score (nSPS) is 10.6. The quantitative estimate of drug-likeness (QED) is 0.787. The number of benzene rings is 1. The molecule has 0 N–H and O–H groups in total. The van der Waals surface area contributed by atoms with Gasteiger partial charge < -0.3 is 4.74 Å². The van der Waals surface area contributed by atoms with Gasteiger partial charge in [-0.05, 0) is 42.8 Å². The zero-order chi connectivity index (χ0) is 13.7. The van der Waals surface area contributed by atoms with Gasteiger partial charge >= 0.3 is 5.97 Å². The maximum absolute atomic E-state index is 11.3. The molecule has 1 aromatic carbocycles. The summed E-state index contributed by atoms with van der Waals surface area (Å²) in [5, 5.41) is 0. The average Bonchev–Trinajstić information content (AvgIpc) is 2.45. The van der Waals surface area contributed by atoms with Crippen molar-refractivity contribution in [3.63, 3.8) is 0 Å². The van der Waals surface area contributed by atoms with E-state index in [-0.39, 0.29) is 5.97 Å². The Bertz CT molecular complexity index is 600. The number of hydrogen-bond donors (Lipinski definition) is 0. The molecular weight excluding hydrogens is 238 g/mol. The van der Waals surface area contributed by atoms with Crippen LogP contribution in [0.15, 0.2) is 42.5 Å². The van der Waals surface area contributed by atoms with Gasteiger partial charge in [0.05, 0.1) is 18.4 Å². The van der Waals surface area contributed by atoms with Crippen molar-refractivity contribution in [3.8, 4) is 0 Å². The number of aryl methyl sites for hydroxylation is 1. The highest BCUT2D eigenvalue weighted by Crippen LogP contribution is 2.09. The third kappa shape index (κ3) is 3.52. The molecule has 0 aliphatic heterocycles. The standard InChI is InChI=1S/C16H15NO2/c1-12-4-3-5-15(17-12)11-8-13-6-9-14(10-7-13)16(18)19-2/h3-11H,1-2H3/b11-8+. The second-order valence-corrected chi connectivity index (χ2v) is 4.15. The zero-order valence-electron chi connectivity index (χ0n) is 11.0. The van der Waals surface area contributed by atoms with Crippen molar-refractivity contribution in [3.05, 3.63) is 65.0 Å². The molecule has 2 rings (SSSR count). The number of carbonyl (C=O) groups excluding carboxylic acids is 1. The number of aromatic nitrogens is 1. The fourth-order valence-electron chi connectivity index (χ4n) is 1.69. The van der Waals surface area contributed by atoms with E-state index in [1.54, 1.807) is 12.1 Å². The van der Waals surface area contributed by atoms with E-state index in [1.165, 1.54) is 7.11 Å². The van der Waals surface area contributed by atoms with Gasteiger partial charge in [0.2, 0.25) is 0 Å². The number of pyridine rings is 1. The van der Waals surface area contributed by atoms with E-state index in [0.29, 0.717) is 5.56 Å². The Kier molecular flexibility index (Phi) is 4.08. The van der Waals surface area contributed by atoms with Crippen molar-refractivity contribution < 1.29 is 9.53 Å². The number of hydrogen-bond acceptors (Lipinski definition) is 3. The topological polar surface area (TPSA) is 39.2 Å². The van der Waals surface area contributed by atoms with Gasteiger partial charge in [-0.25, -0.2) is 4.79 Å².